The summed E-state index contributed by atoms with van der Waals surface area (Å²) in [7, 11) is -3.55. The van der Waals surface area contributed by atoms with Gasteiger partial charge in [-0.3, -0.25) is 4.79 Å². The highest BCUT2D eigenvalue weighted by Crippen LogP contribution is 2.30. The van der Waals surface area contributed by atoms with Crippen molar-refractivity contribution < 1.29 is 13.2 Å². The maximum Gasteiger partial charge on any atom is 0.251 e. The van der Waals surface area contributed by atoms with Crippen molar-refractivity contribution in [3.63, 3.8) is 0 Å². The molecule has 2 aromatic carbocycles. The topological polar surface area (TPSA) is 66.5 Å². The first-order valence-corrected chi connectivity index (χ1v) is 11.5. The molecule has 0 bridgehead atoms. The number of amides is 1. The quantitative estimate of drug-likeness (QED) is 0.855. The third kappa shape index (κ3) is 3.84. The summed E-state index contributed by atoms with van der Waals surface area (Å²) in [5.74, 6) is -0.225. The number of nitrogens with zero attached hydrogens (tertiary/aromatic N) is 1. The summed E-state index contributed by atoms with van der Waals surface area (Å²) < 4.78 is 27.4. The number of sulfonamides is 1. The zero-order valence-electron chi connectivity index (χ0n) is 15.9. The Kier molecular flexibility index (Phi) is 5.51. The molecule has 28 heavy (non-hydrogen) atoms. The Bertz CT molecular complexity index is 965. The van der Waals surface area contributed by atoms with E-state index in [1.165, 1.54) is 21.5 Å². The first-order chi connectivity index (χ1) is 13.6. The van der Waals surface area contributed by atoms with E-state index in [-0.39, 0.29) is 16.8 Å². The van der Waals surface area contributed by atoms with Gasteiger partial charge < -0.3 is 5.32 Å². The van der Waals surface area contributed by atoms with Crippen LogP contribution in [0.4, 0.5) is 0 Å². The maximum absolute atomic E-state index is 12.9. The first kappa shape index (κ1) is 19.2. The van der Waals surface area contributed by atoms with E-state index in [1.807, 2.05) is 12.1 Å². The lowest BCUT2D eigenvalue weighted by Gasteiger charge is -2.27. The van der Waals surface area contributed by atoms with Gasteiger partial charge >= 0.3 is 0 Å². The molecular formula is C22H26N2O3S. The van der Waals surface area contributed by atoms with E-state index in [0.717, 1.165) is 38.5 Å². The van der Waals surface area contributed by atoms with Crippen molar-refractivity contribution in [3.05, 3.63) is 65.2 Å². The summed E-state index contributed by atoms with van der Waals surface area (Å²) in [4.78, 5) is 13.1. The van der Waals surface area contributed by atoms with Gasteiger partial charge in [0.05, 0.1) is 10.9 Å². The Morgan fingerprint density at radius 2 is 1.75 bits per heavy atom. The van der Waals surface area contributed by atoms with Crippen LogP contribution in [-0.4, -0.2) is 31.7 Å². The van der Waals surface area contributed by atoms with Gasteiger partial charge in [0.1, 0.15) is 0 Å². The summed E-state index contributed by atoms with van der Waals surface area (Å²) >= 11 is 0. The summed E-state index contributed by atoms with van der Waals surface area (Å²) in [5.41, 5.74) is 2.83. The van der Waals surface area contributed by atoms with Crippen LogP contribution < -0.4 is 5.32 Å². The van der Waals surface area contributed by atoms with Gasteiger partial charge in [-0.2, -0.15) is 4.31 Å². The summed E-state index contributed by atoms with van der Waals surface area (Å²) in [5, 5.41) is 3.10. The Hall–Kier alpha value is -2.18. The predicted molar refractivity (Wildman–Crippen MR) is 109 cm³/mol. The van der Waals surface area contributed by atoms with Crippen LogP contribution >= 0.6 is 0 Å². The lowest BCUT2D eigenvalue weighted by molar-refractivity contribution is 0.0932. The second kappa shape index (κ2) is 8.05. The molecule has 1 saturated heterocycles. The minimum Gasteiger partial charge on any atom is -0.345 e. The molecule has 1 amide bonds. The van der Waals surface area contributed by atoms with Crippen LogP contribution in [0.5, 0.6) is 0 Å². The molecule has 0 spiro atoms. The number of fused-ring (bicyclic) bond motifs is 1. The summed E-state index contributed by atoms with van der Waals surface area (Å²) in [6.45, 7) is 1.11. The van der Waals surface area contributed by atoms with Gasteiger partial charge in [0.15, 0.2) is 0 Å². The molecular weight excluding hydrogens is 372 g/mol. The molecule has 2 aliphatic rings. The minimum absolute atomic E-state index is 0.0280. The lowest BCUT2D eigenvalue weighted by Crippen LogP contribution is -2.36. The van der Waals surface area contributed by atoms with E-state index in [2.05, 4.69) is 17.4 Å². The molecule has 5 nitrogen and oxygen atoms in total. The van der Waals surface area contributed by atoms with Crippen LogP contribution in [0.1, 0.15) is 59.6 Å². The van der Waals surface area contributed by atoms with E-state index in [0.29, 0.717) is 18.7 Å². The first-order valence-electron chi connectivity index (χ1n) is 10.0. The Morgan fingerprint density at radius 1 is 0.964 bits per heavy atom. The highest BCUT2D eigenvalue weighted by Gasteiger charge is 2.27. The molecule has 1 aliphatic heterocycles. The Balaban J connectivity index is 1.54. The number of hydrogen-bond acceptors (Lipinski definition) is 3. The smallest absolute Gasteiger partial charge is 0.251 e. The van der Waals surface area contributed by atoms with Crippen LogP contribution in [0.25, 0.3) is 0 Å². The third-order valence-corrected chi connectivity index (χ3v) is 7.62. The van der Waals surface area contributed by atoms with Crippen molar-refractivity contribution in [2.45, 2.75) is 49.5 Å². The molecule has 0 aromatic heterocycles. The number of carbonyl (C=O) groups excluding carboxylic acids is 1. The van der Waals surface area contributed by atoms with Crippen molar-refractivity contribution in [2.75, 3.05) is 13.1 Å². The average molecular weight is 399 g/mol. The van der Waals surface area contributed by atoms with Crippen molar-refractivity contribution in [2.24, 2.45) is 0 Å². The molecule has 1 N–H and O–H groups in total. The van der Waals surface area contributed by atoms with Crippen molar-refractivity contribution in [3.8, 4) is 0 Å². The minimum atomic E-state index is -3.55. The van der Waals surface area contributed by atoms with Gasteiger partial charge in [0.25, 0.3) is 5.91 Å². The molecule has 1 atom stereocenters. The number of hydrogen-bond donors (Lipinski definition) is 1. The summed E-state index contributed by atoms with van der Waals surface area (Å²) in [6.07, 6.45) is 5.81. The normalized spacial score (nSPS) is 20.4. The SMILES string of the molecule is O=C(N[C@@H]1CCCc2ccccc21)c1cccc(S(=O)(=O)N2CCCCC2)c1. The second-order valence-electron chi connectivity index (χ2n) is 7.61. The standard InChI is InChI=1S/C22H26N2O3S/c25-22(23-21-13-7-9-17-8-2-3-12-20(17)21)18-10-6-11-19(16-18)28(26,27)24-14-4-1-5-15-24/h2-3,6,8,10-12,16,21H,1,4-5,7,9,13-15H2,(H,23,25)/t21-/m1/s1. The number of nitrogens with one attached hydrogen (secondary N) is 1. The van der Waals surface area contributed by atoms with Gasteiger partial charge in [-0.1, -0.05) is 36.8 Å². The highest BCUT2D eigenvalue weighted by molar-refractivity contribution is 7.89. The van der Waals surface area contributed by atoms with E-state index >= 15 is 0 Å². The molecule has 6 heteroatoms. The number of aryl methyl sites for hydroxylation is 1. The molecule has 148 valence electrons. The number of rotatable bonds is 4. The largest absolute Gasteiger partial charge is 0.345 e. The van der Waals surface area contributed by atoms with Gasteiger partial charge in [0.2, 0.25) is 10.0 Å². The average Bonchev–Trinajstić information content (AvgIpc) is 2.75. The number of benzene rings is 2. The molecule has 0 radical (unpaired) electrons. The van der Waals surface area contributed by atoms with Crippen LogP contribution in [-0.2, 0) is 16.4 Å². The predicted octanol–water partition coefficient (Wildman–Crippen LogP) is 3.67. The zero-order chi connectivity index (χ0) is 19.6. The fraction of sp³-hybridized carbons (Fsp3) is 0.409. The molecule has 4 rings (SSSR count). The van der Waals surface area contributed by atoms with E-state index in [4.69, 9.17) is 0 Å². The molecule has 1 fully saturated rings. The molecule has 0 saturated carbocycles. The maximum atomic E-state index is 12.9. The second-order valence-corrected chi connectivity index (χ2v) is 9.55. The van der Waals surface area contributed by atoms with Gasteiger partial charge in [-0.25, -0.2) is 8.42 Å². The van der Waals surface area contributed by atoms with Crippen LogP contribution in [0.3, 0.4) is 0 Å². The van der Waals surface area contributed by atoms with E-state index < -0.39 is 10.0 Å². The highest BCUT2D eigenvalue weighted by atomic mass is 32.2. The van der Waals surface area contributed by atoms with Crippen molar-refractivity contribution >= 4 is 15.9 Å². The Labute approximate surface area is 166 Å². The Morgan fingerprint density at radius 3 is 2.57 bits per heavy atom. The lowest BCUT2D eigenvalue weighted by atomic mass is 9.87. The van der Waals surface area contributed by atoms with Crippen molar-refractivity contribution in [1.82, 2.24) is 9.62 Å². The monoisotopic (exact) mass is 398 g/mol. The third-order valence-electron chi connectivity index (χ3n) is 5.72. The van der Waals surface area contributed by atoms with Gasteiger partial charge in [0, 0.05) is 18.7 Å². The molecule has 0 unspecified atom stereocenters. The number of piperidine rings is 1. The van der Waals surface area contributed by atoms with Crippen LogP contribution in [0.2, 0.25) is 0 Å². The van der Waals surface area contributed by atoms with Crippen molar-refractivity contribution in [1.29, 1.82) is 0 Å². The molecule has 1 heterocycles. The van der Waals surface area contributed by atoms with E-state index in [9.17, 15) is 13.2 Å². The van der Waals surface area contributed by atoms with E-state index in [1.54, 1.807) is 18.2 Å². The fourth-order valence-corrected chi connectivity index (χ4v) is 5.76. The zero-order valence-corrected chi connectivity index (χ0v) is 16.7. The van der Waals surface area contributed by atoms with Gasteiger partial charge in [-0.05, 0) is 61.4 Å². The van der Waals surface area contributed by atoms with Gasteiger partial charge in [-0.15, -0.1) is 0 Å². The fourth-order valence-electron chi connectivity index (χ4n) is 4.20. The van der Waals surface area contributed by atoms with Crippen LogP contribution in [0, 0.1) is 0 Å². The summed E-state index contributed by atoms with van der Waals surface area (Å²) in [6, 6.07) is 14.6. The number of carbonyl (C=O) groups is 1. The molecule has 2 aromatic rings. The van der Waals surface area contributed by atoms with Crippen LogP contribution in [0.15, 0.2) is 53.4 Å². The molecule has 1 aliphatic carbocycles.